The summed E-state index contributed by atoms with van der Waals surface area (Å²) in [5.74, 6) is -2.20. The molecule has 1 rings (SSSR count). The molecule has 0 bridgehead atoms. The van der Waals surface area contributed by atoms with E-state index in [0.29, 0.717) is 17.7 Å². The fourth-order valence-electron chi connectivity index (χ4n) is 1.21. The van der Waals surface area contributed by atoms with E-state index in [9.17, 15) is 9.59 Å². The van der Waals surface area contributed by atoms with Gasteiger partial charge in [0.15, 0.2) is 5.69 Å². The molecule has 1 aromatic rings. The van der Waals surface area contributed by atoms with Crippen molar-refractivity contribution in [2.45, 2.75) is 6.42 Å². The average Bonchev–Trinajstić information content (AvgIpc) is 2.20. The van der Waals surface area contributed by atoms with Gasteiger partial charge in [-0.25, -0.2) is 14.6 Å². The molecule has 86 valence electrons. The fourth-order valence-corrected chi connectivity index (χ4v) is 1.45. The van der Waals surface area contributed by atoms with E-state index >= 15 is 0 Å². The zero-order chi connectivity index (χ0) is 12.3. The van der Waals surface area contributed by atoms with E-state index in [1.54, 1.807) is 0 Å². The van der Waals surface area contributed by atoms with Gasteiger partial charge in [0.05, 0.1) is 5.69 Å². The maximum absolute atomic E-state index is 10.8. The van der Waals surface area contributed by atoms with Crippen molar-refractivity contribution in [1.82, 2.24) is 4.98 Å². The van der Waals surface area contributed by atoms with Crippen molar-refractivity contribution in [2.24, 2.45) is 0 Å². The minimum absolute atomic E-state index is 0.00782. The van der Waals surface area contributed by atoms with E-state index < -0.39 is 17.6 Å². The summed E-state index contributed by atoms with van der Waals surface area (Å²) in [6.07, 6.45) is 0.387. The van der Waals surface area contributed by atoms with Crippen LogP contribution in [0.2, 0.25) is 0 Å². The number of pyridine rings is 1. The van der Waals surface area contributed by atoms with Crippen LogP contribution in [0.5, 0.6) is 0 Å². The molecule has 16 heavy (non-hydrogen) atoms. The van der Waals surface area contributed by atoms with Gasteiger partial charge in [-0.15, -0.1) is 0 Å². The second-order valence-electron chi connectivity index (χ2n) is 3.01. The SMILES string of the molecule is Nc1c(CCS)cc(C(=O)O)nc1C(=O)O. The lowest BCUT2D eigenvalue weighted by molar-refractivity contribution is 0.0686. The van der Waals surface area contributed by atoms with Crippen LogP contribution < -0.4 is 5.73 Å². The number of aromatic carboxylic acids is 2. The largest absolute Gasteiger partial charge is 0.477 e. The van der Waals surface area contributed by atoms with E-state index in [-0.39, 0.29) is 11.4 Å². The van der Waals surface area contributed by atoms with Crippen LogP contribution in [0.3, 0.4) is 0 Å². The number of aromatic nitrogens is 1. The van der Waals surface area contributed by atoms with E-state index in [0.717, 1.165) is 0 Å². The van der Waals surface area contributed by atoms with Crippen LogP contribution >= 0.6 is 12.6 Å². The summed E-state index contributed by atoms with van der Waals surface area (Å²) in [5.41, 5.74) is 5.23. The average molecular weight is 242 g/mol. The first kappa shape index (κ1) is 12.3. The number of aryl methyl sites for hydroxylation is 1. The topological polar surface area (TPSA) is 114 Å². The van der Waals surface area contributed by atoms with Crippen molar-refractivity contribution in [2.75, 3.05) is 11.5 Å². The highest BCUT2D eigenvalue weighted by molar-refractivity contribution is 7.80. The number of nitrogens with two attached hydrogens (primary N) is 1. The molecule has 0 aliphatic rings. The standard InChI is InChI=1S/C9H10N2O4S/c10-6-4(1-2-16)3-5(8(12)13)11-7(6)9(14)15/h3,16H,1-2,10H2,(H,12,13)(H,14,15). The minimum Gasteiger partial charge on any atom is -0.477 e. The van der Waals surface area contributed by atoms with Crippen molar-refractivity contribution in [3.63, 3.8) is 0 Å². The molecule has 0 unspecified atom stereocenters. The summed E-state index contributed by atoms with van der Waals surface area (Å²) < 4.78 is 0. The number of nitrogen functional groups attached to an aromatic ring is 1. The van der Waals surface area contributed by atoms with Gasteiger partial charge < -0.3 is 15.9 Å². The van der Waals surface area contributed by atoms with Gasteiger partial charge in [-0.1, -0.05) is 0 Å². The first-order chi connectivity index (χ1) is 7.47. The summed E-state index contributed by atoms with van der Waals surface area (Å²) in [6, 6.07) is 1.26. The van der Waals surface area contributed by atoms with Gasteiger partial charge in [0.1, 0.15) is 5.69 Å². The van der Waals surface area contributed by atoms with E-state index in [1.165, 1.54) is 6.07 Å². The number of hydrogen-bond acceptors (Lipinski definition) is 5. The van der Waals surface area contributed by atoms with Gasteiger partial charge >= 0.3 is 11.9 Å². The number of carboxylic acids is 2. The number of hydrogen-bond donors (Lipinski definition) is 4. The molecule has 0 aromatic carbocycles. The molecule has 0 aliphatic heterocycles. The summed E-state index contributed by atoms with van der Waals surface area (Å²) in [7, 11) is 0. The lowest BCUT2D eigenvalue weighted by Crippen LogP contribution is -2.13. The predicted octanol–water partition coefficient (Wildman–Crippen LogP) is 0.532. The molecule has 0 saturated heterocycles. The normalized spacial score (nSPS) is 10.1. The van der Waals surface area contributed by atoms with Crippen molar-refractivity contribution in [1.29, 1.82) is 0 Å². The highest BCUT2D eigenvalue weighted by Gasteiger charge is 2.18. The molecule has 4 N–H and O–H groups in total. The Hall–Kier alpha value is -1.76. The van der Waals surface area contributed by atoms with Crippen LogP contribution in [0.1, 0.15) is 26.5 Å². The Labute approximate surface area is 96.5 Å². The molecule has 0 aliphatic carbocycles. The Morgan fingerprint density at radius 1 is 1.38 bits per heavy atom. The third-order valence-electron chi connectivity index (χ3n) is 1.95. The Balaban J connectivity index is 3.38. The molecule has 0 amide bonds. The summed E-state index contributed by atoms with van der Waals surface area (Å²) in [4.78, 5) is 25.0. The first-order valence-electron chi connectivity index (χ1n) is 4.34. The number of nitrogens with zero attached hydrogens (tertiary/aromatic N) is 1. The van der Waals surface area contributed by atoms with Gasteiger partial charge in [-0.2, -0.15) is 12.6 Å². The zero-order valence-corrected chi connectivity index (χ0v) is 9.07. The molecule has 1 heterocycles. The van der Waals surface area contributed by atoms with E-state index in [4.69, 9.17) is 15.9 Å². The smallest absolute Gasteiger partial charge is 0.356 e. The third kappa shape index (κ3) is 2.43. The highest BCUT2D eigenvalue weighted by Crippen LogP contribution is 2.18. The minimum atomic E-state index is -1.35. The molecular weight excluding hydrogens is 232 g/mol. The first-order valence-corrected chi connectivity index (χ1v) is 4.97. The summed E-state index contributed by atoms with van der Waals surface area (Å²) in [5, 5.41) is 17.6. The number of thiol groups is 1. The van der Waals surface area contributed by atoms with Crippen molar-refractivity contribution in [3.05, 3.63) is 23.0 Å². The Kier molecular flexibility index (Phi) is 3.73. The van der Waals surface area contributed by atoms with E-state index in [2.05, 4.69) is 17.6 Å². The lowest BCUT2D eigenvalue weighted by Gasteiger charge is -2.08. The number of anilines is 1. The molecule has 6 nitrogen and oxygen atoms in total. The monoisotopic (exact) mass is 242 g/mol. The van der Waals surface area contributed by atoms with Gasteiger partial charge in [0, 0.05) is 0 Å². The fraction of sp³-hybridized carbons (Fsp3) is 0.222. The van der Waals surface area contributed by atoms with Gasteiger partial charge in [0.25, 0.3) is 0 Å². The van der Waals surface area contributed by atoms with Crippen LogP contribution in [0, 0.1) is 0 Å². The number of carboxylic acid groups (broad SMARTS) is 2. The quantitative estimate of drug-likeness (QED) is 0.573. The van der Waals surface area contributed by atoms with Crippen LogP contribution in [0.15, 0.2) is 6.07 Å². The van der Waals surface area contributed by atoms with Gasteiger partial charge in [-0.05, 0) is 23.8 Å². The molecular formula is C9H10N2O4S. The Bertz CT molecular complexity index is 447. The Morgan fingerprint density at radius 3 is 2.44 bits per heavy atom. The van der Waals surface area contributed by atoms with Crippen molar-refractivity contribution >= 4 is 30.3 Å². The molecule has 7 heteroatoms. The lowest BCUT2D eigenvalue weighted by atomic mass is 10.1. The summed E-state index contributed by atoms with van der Waals surface area (Å²) >= 11 is 3.98. The number of rotatable bonds is 4. The van der Waals surface area contributed by atoms with Crippen molar-refractivity contribution < 1.29 is 19.8 Å². The van der Waals surface area contributed by atoms with Crippen molar-refractivity contribution in [3.8, 4) is 0 Å². The van der Waals surface area contributed by atoms with Crippen LogP contribution in [0.4, 0.5) is 5.69 Å². The second-order valence-corrected chi connectivity index (χ2v) is 3.46. The van der Waals surface area contributed by atoms with Crippen LogP contribution in [-0.2, 0) is 6.42 Å². The molecule has 0 atom stereocenters. The van der Waals surface area contributed by atoms with Crippen LogP contribution in [0.25, 0.3) is 0 Å². The van der Waals surface area contributed by atoms with Crippen LogP contribution in [-0.4, -0.2) is 32.9 Å². The number of carbonyl (C=O) groups is 2. The molecule has 0 saturated carbocycles. The maximum atomic E-state index is 10.8. The highest BCUT2D eigenvalue weighted by atomic mass is 32.1. The molecule has 1 aromatic heterocycles. The van der Waals surface area contributed by atoms with Gasteiger partial charge in [0.2, 0.25) is 0 Å². The van der Waals surface area contributed by atoms with Gasteiger partial charge in [-0.3, -0.25) is 0 Å². The predicted molar refractivity (Wildman–Crippen MR) is 60.1 cm³/mol. The third-order valence-corrected chi connectivity index (χ3v) is 2.17. The summed E-state index contributed by atoms with van der Waals surface area (Å²) in [6.45, 7) is 0. The van der Waals surface area contributed by atoms with E-state index in [1.807, 2.05) is 0 Å². The zero-order valence-electron chi connectivity index (χ0n) is 8.17. The molecule has 0 radical (unpaired) electrons. The molecule has 0 fully saturated rings. The molecule has 0 spiro atoms. The maximum Gasteiger partial charge on any atom is 0.356 e. The Morgan fingerprint density at radius 2 is 2.00 bits per heavy atom. The second kappa shape index (κ2) is 4.84.